The Morgan fingerprint density at radius 2 is 1.08 bits per heavy atom. The molecule has 1 N–H and O–H groups in total. The lowest BCUT2D eigenvalue weighted by Crippen LogP contribution is -2.60. The summed E-state index contributed by atoms with van der Waals surface area (Å²) < 4.78 is 29.0. The fourth-order valence-corrected chi connectivity index (χ4v) is 4.28. The molecule has 0 radical (unpaired) electrons. The summed E-state index contributed by atoms with van der Waals surface area (Å²) in [6.45, 7) is 2.77. The van der Waals surface area contributed by atoms with Gasteiger partial charge in [-0.25, -0.2) is 0 Å². The first-order valence-electron chi connectivity index (χ1n) is 12.3. The van der Waals surface area contributed by atoms with Gasteiger partial charge in [0.2, 0.25) is 12.2 Å². The highest BCUT2D eigenvalue weighted by Gasteiger charge is 2.49. The van der Waals surface area contributed by atoms with Gasteiger partial charge in [0.15, 0.2) is 0 Å². The van der Waals surface area contributed by atoms with Gasteiger partial charge >= 0.3 is 0 Å². The second-order valence-corrected chi connectivity index (χ2v) is 11.2. The van der Waals surface area contributed by atoms with Gasteiger partial charge in [0.25, 0.3) is 3.79 Å². The van der Waals surface area contributed by atoms with Gasteiger partial charge in [0, 0.05) is 0 Å². The molecule has 0 bridgehead atoms. The zero-order valence-electron chi connectivity index (χ0n) is 20.8. The summed E-state index contributed by atoms with van der Waals surface area (Å²) in [7, 11) is 0. The summed E-state index contributed by atoms with van der Waals surface area (Å²) in [5.74, 6) is -0.571. The molecule has 1 aliphatic rings. The second kappa shape index (κ2) is 13.8. The third kappa shape index (κ3) is 8.17. The summed E-state index contributed by atoms with van der Waals surface area (Å²) >= 11 is 17.7. The highest BCUT2D eigenvalue weighted by molar-refractivity contribution is 6.76. The summed E-state index contributed by atoms with van der Waals surface area (Å²) in [6.07, 6.45) is -3.50. The molecule has 0 aromatic heterocycles. The molecule has 5 unspecified atom stereocenters. The van der Waals surface area contributed by atoms with Crippen molar-refractivity contribution in [3.8, 4) is 0 Å². The molecule has 0 aliphatic carbocycles. The van der Waals surface area contributed by atoms with E-state index in [9.17, 15) is 0 Å². The number of benzene rings is 3. The maximum Gasteiger partial charge on any atom is 0.265 e. The van der Waals surface area contributed by atoms with Crippen molar-refractivity contribution in [2.75, 3.05) is 0 Å². The molecule has 0 spiro atoms. The molecule has 1 saturated heterocycles. The van der Waals surface area contributed by atoms with Crippen LogP contribution in [0, 0.1) is 5.41 Å². The molecule has 3 aromatic carbocycles. The monoisotopic (exact) mass is 577 g/mol. The average Bonchev–Trinajstić information content (AvgIpc) is 2.92. The average molecular weight is 579 g/mol. The summed E-state index contributed by atoms with van der Waals surface area (Å²) in [5.41, 5.74) is 2.95. The highest BCUT2D eigenvalue weighted by Crippen LogP contribution is 2.34. The number of ether oxygens (including phenoxy) is 5. The van der Waals surface area contributed by atoms with Crippen molar-refractivity contribution < 1.29 is 23.7 Å². The first-order valence-corrected chi connectivity index (χ1v) is 13.4. The summed E-state index contributed by atoms with van der Waals surface area (Å²) in [4.78, 5) is 0. The maximum absolute atomic E-state index is 8.15. The first-order chi connectivity index (χ1) is 18.3. The molecule has 202 valence electrons. The van der Waals surface area contributed by atoms with Crippen LogP contribution in [0.4, 0.5) is 0 Å². The fraction of sp³-hybridized carbons (Fsp3) is 0.345. The summed E-state index contributed by atoms with van der Waals surface area (Å²) in [5, 5.41) is 8.15. The van der Waals surface area contributed by atoms with E-state index in [1.54, 1.807) is 0 Å². The topological polar surface area (TPSA) is 70.0 Å². The Balaban J connectivity index is 1.61. The number of rotatable bonds is 10. The maximum atomic E-state index is 8.15. The standard InChI is InChI=1S/C29H30Cl3NO5/c1-20-24(34-17-21-11-5-2-6-12-21)25(35-18-22-13-7-3-8-14-22)26(36-19-23-15-9-4-10-16-23)27(37-20)38-28(33)29(30,31)32/h2-16,20,24-27,33H,17-19H2,1H3. The van der Waals surface area contributed by atoms with Crippen LogP contribution in [0.1, 0.15) is 23.6 Å². The van der Waals surface area contributed by atoms with Gasteiger partial charge in [-0.3, -0.25) is 5.41 Å². The largest absolute Gasteiger partial charge is 0.445 e. The second-order valence-electron chi connectivity index (χ2n) is 8.94. The Labute approximate surface area is 238 Å². The lowest BCUT2D eigenvalue weighted by Gasteiger charge is -2.45. The Hall–Kier alpha value is -2.16. The van der Waals surface area contributed by atoms with Crippen LogP contribution in [0.25, 0.3) is 0 Å². The minimum atomic E-state index is -2.06. The molecule has 38 heavy (non-hydrogen) atoms. The highest BCUT2D eigenvalue weighted by atomic mass is 35.6. The van der Waals surface area contributed by atoms with E-state index >= 15 is 0 Å². The van der Waals surface area contributed by atoms with Gasteiger partial charge in [0.1, 0.15) is 18.3 Å². The van der Waals surface area contributed by atoms with Crippen molar-refractivity contribution in [2.45, 2.75) is 61.2 Å². The van der Waals surface area contributed by atoms with Crippen LogP contribution >= 0.6 is 34.8 Å². The van der Waals surface area contributed by atoms with Crippen LogP contribution in [0.2, 0.25) is 0 Å². The van der Waals surface area contributed by atoms with Crippen molar-refractivity contribution in [1.82, 2.24) is 0 Å². The third-order valence-corrected chi connectivity index (χ3v) is 6.59. The van der Waals surface area contributed by atoms with Crippen LogP contribution in [0.3, 0.4) is 0 Å². The predicted octanol–water partition coefficient (Wildman–Crippen LogP) is 6.85. The van der Waals surface area contributed by atoms with Crippen molar-refractivity contribution in [3.63, 3.8) is 0 Å². The smallest absolute Gasteiger partial charge is 0.265 e. The quantitative estimate of drug-likeness (QED) is 0.162. The van der Waals surface area contributed by atoms with Gasteiger partial charge in [0.05, 0.1) is 25.9 Å². The lowest BCUT2D eigenvalue weighted by atomic mass is 9.98. The molecule has 4 rings (SSSR count). The molecule has 9 heteroatoms. The van der Waals surface area contributed by atoms with Gasteiger partial charge < -0.3 is 23.7 Å². The Kier molecular flexibility index (Phi) is 10.4. The molecule has 0 amide bonds. The third-order valence-electron chi connectivity index (χ3n) is 6.07. The molecule has 1 heterocycles. The van der Waals surface area contributed by atoms with Gasteiger partial charge in [-0.05, 0) is 23.6 Å². The van der Waals surface area contributed by atoms with Crippen LogP contribution in [-0.4, -0.2) is 40.4 Å². The fourth-order valence-electron chi connectivity index (χ4n) is 4.15. The van der Waals surface area contributed by atoms with Crippen LogP contribution in [0.5, 0.6) is 0 Å². The van der Waals surface area contributed by atoms with E-state index in [1.165, 1.54) is 0 Å². The molecule has 3 aromatic rings. The van der Waals surface area contributed by atoms with Crippen LogP contribution in [0.15, 0.2) is 91.0 Å². The molecule has 1 fully saturated rings. The van der Waals surface area contributed by atoms with E-state index in [0.29, 0.717) is 13.2 Å². The number of nitrogens with one attached hydrogen (secondary N) is 1. The minimum absolute atomic E-state index is 0.251. The molecule has 0 saturated carbocycles. The van der Waals surface area contributed by atoms with E-state index in [4.69, 9.17) is 63.9 Å². The van der Waals surface area contributed by atoms with Crippen molar-refractivity contribution in [2.24, 2.45) is 0 Å². The molecular weight excluding hydrogens is 549 g/mol. The summed E-state index contributed by atoms with van der Waals surface area (Å²) in [6, 6.07) is 29.4. The number of halogens is 3. The zero-order chi connectivity index (χ0) is 27.0. The van der Waals surface area contributed by atoms with Crippen LogP contribution in [-0.2, 0) is 43.5 Å². The van der Waals surface area contributed by atoms with Crippen molar-refractivity contribution >= 4 is 40.7 Å². The molecular formula is C29H30Cl3NO5. The predicted molar refractivity (Wildman–Crippen MR) is 148 cm³/mol. The van der Waals surface area contributed by atoms with Crippen LogP contribution < -0.4 is 0 Å². The Bertz CT molecular complexity index is 1130. The van der Waals surface area contributed by atoms with Crippen molar-refractivity contribution in [3.05, 3.63) is 108 Å². The van der Waals surface area contributed by atoms with Gasteiger partial charge in [-0.2, -0.15) is 0 Å². The molecule has 6 nitrogen and oxygen atoms in total. The Morgan fingerprint density at radius 3 is 1.50 bits per heavy atom. The van der Waals surface area contributed by atoms with E-state index in [0.717, 1.165) is 16.7 Å². The van der Waals surface area contributed by atoms with E-state index in [1.807, 2.05) is 97.9 Å². The zero-order valence-corrected chi connectivity index (χ0v) is 23.1. The number of alkyl halides is 3. The van der Waals surface area contributed by atoms with E-state index in [2.05, 4.69) is 0 Å². The molecule has 1 aliphatic heterocycles. The van der Waals surface area contributed by atoms with Gasteiger partial charge in [-0.15, -0.1) is 0 Å². The first kappa shape index (κ1) is 28.8. The number of hydrogen-bond donors (Lipinski definition) is 1. The minimum Gasteiger partial charge on any atom is -0.445 e. The van der Waals surface area contributed by atoms with E-state index < -0.39 is 40.4 Å². The number of hydrogen-bond acceptors (Lipinski definition) is 6. The Morgan fingerprint density at radius 1 is 0.684 bits per heavy atom. The van der Waals surface area contributed by atoms with Crippen molar-refractivity contribution in [1.29, 1.82) is 5.41 Å². The normalized spacial score (nSPS) is 23.6. The molecule has 5 atom stereocenters. The van der Waals surface area contributed by atoms with E-state index in [-0.39, 0.29) is 6.61 Å². The lowest BCUT2D eigenvalue weighted by molar-refractivity contribution is -0.304. The SMILES string of the molecule is CC1OC(OC(=N)C(Cl)(Cl)Cl)C(OCc2ccccc2)C(OCc2ccccc2)C1OCc1ccccc1. The van der Waals surface area contributed by atoms with Gasteiger partial charge in [-0.1, -0.05) is 126 Å².